The summed E-state index contributed by atoms with van der Waals surface area (Å²) >= 11 is 6.02. The number of ether oxygens (including phenoxy) is 1. The summed E-state index contributed by atoms with van der Waals surface area (Å²) in [6.07, 6.45) is 0.288. The first-order chi connectivity index (χ1) is 15.5. The van der Waals surface area contributed by atoms with E-state index >= 15 is 0 Å². The molecule has 0 aromatic heterocycles. The Labute approximate surface area is 194 Å². The summed E-state index contributed by atoms with van der Waals surface area (Å²) in [7, 11) is 1.60. The number of benzene rings is 3. The number of nitrogens with one attached hydrogen (secondary N) is 1. The average molecular weight is 451 g/mol. The van der Waals surface area contributed by atoms with Crippen molar-refractivity contribution in [3.63, 3.8) is 0 Å². The maximum atomic E-state index is 13.5. The van der Waals surface area contributed by atoms with Crippen LogP contribution < -0.4 is 10.1 Å². The Hall–Kier alpha value is -3.31. The number of carbonyl (C=O) groups is 2. The first-order valence-corrected chi connectivity index (χ1v) is 10.9. The standard InChI is InChI=1S/C26H27ClN2O3/c1-3-24(30)29(18-19-13-15-22(27)16-14-19)25(20-9-5-4-6-10-20)26(31)28-17-21-11-7-8-12-23(21)32-2/h4-16,25H,3,17-18H2,1-2H3,(H,28,31)/t25-/m0/s1. The van der Waals surface area contributed by atoms with E-state index < -0.39 is 6.04 Å². The van der Waals surface area contributed by atoms with E-state index in [-0.39, 0.29) is 18.2 Å². The fraction of sp³-hybridized carbons (Fsp3) is 0.231. The molecule has 0 aliphatic rings. The molecule has 3 aromatic carbocycles. The Morgan fingerprint density at radius 2 is 1.62 bits per heavy atom. The zero-order valence-corrected chi connectivity index (χ0v) is 19.0. The molecule has 0 aliphatic carbocycles. The van der Waals surface area contributed by atoms with Crippen molar-refractivity contribution in [2.45, 2.75) is 32.5 Å². The van der Waals surface area contributed by atoms with Gasteiger partial charge < -0.3 is 15.0 Å². The largest absolute Gasteiger partial charge is 0.496 e. The third kappa shape index (κ3) is 5.89. The second kappa shape index (κ2) is 11.3. The predicted octanol–water partition coefficient (Wildman–Crippen LogP) is 5.14. The molecule has 2 amide bonds. The molecule has 3 aromatic rings. The number of para-hydroxylation sites is 1. The molecule has 0 aliphatic heterocycles. The van der Waals surface area contributed by atoms with Crippen molar-refractivity contribution >= 4 is 23.4 Å². The second-order valence-electron chi connectivity index (χ2n) is 7.34. The number of amides is 2. The average Bonchev–Trinajstić information content (AvgIpc) is 2.84. The molecule has 0 fully saturated rings. The summed E-state index contributed by atoms with van der Waals surface area (Å²) in [4.78, 5) is 28.1. The minimum Gasteiger partial charge on any atom is -0.496 e. The molecule has 32 heavy (non-hydrogen) atoms. The van der Waals surface area contributed by atoms with E-state index in [1.165, 1.54) is 0 Å². The number of hydrogen-bond donors (Lipinski definition) is 1. The van der Waals surface area contributed by atoms with Crippen LogP contribution in [0.2, 0.25) is 5.02 Å². The molecule has 5 nitrogen and oxygen atoms in total. The second-order valence-corrected chi connectivity index (χ2v) is 7.78. The van der Waals surface area contributed by atoms with E-state index in [0.29, 0.717) is 23.9 Å². The van der Waals surface area contributed by atoms with Crippen LogP contribution in [0, 0.1) is 0 Å². The highest BCUT2D eigenvalue weighted by Gasteiger charge is 2.30. The van der Waals surface area contributed by atoms with Crippen LogP contribution in [0.3, 0.4) is 0 Å². The lowest BCUT2D eigenvalue weighted by Crippen LogP contribution is -2.43. The van der Waals surface area contributed by atoms with Gasteiger partial charge in [-0.15, -0.1) is 0 Å². The van der Waals surface area contributed by atoms with Crippen molar-refractivity contribution in [1.82, 2.24) is 10.2 Å². The SMILES string of the molecule is CCC(=O)N(Cc1ccc(Cl)cc1)[C@H](C(=O)NCc1ccccc1OC)c1ccccc1. The van der Waals surface area contributed by atoms with Crippen molar-refractivity contribution in [1.29, 1.82) is 0 Å². The molecular formula is C26H27ClN2O3. The Kier molecular flexibility index (Phi) is 8.28. The molecule has 6 heteroatoms. The van der Waals surface area contributed by atoms with E-state index in [4.69, 9.17) is 16.3 Å². The highest BCUT2D eigenvalue weighted by atomic mass is 35.5. The molecule has 3 rings (SSSR count). The molecule has 166 valence electrons. The van der Waals surface area contributed by atoms with Crippen LogP contribution in [-0.4, -0.2) is 23.8 Å². The van der Waals surface area contributed by atoms with Crippen molar-refractivity contribution in [2.75, 3.05) is 7.11 Å². The van der Waals surface area contributed by atoms with Gasteiger partial charge in [-0.05, 0) is 29.3 Å². The monoisotopic (exact) mass is 450 g/mol. The smallest absolute Gasteiger partial charge is 0.247 e. The van der Waals surface area contributed by atoms with Crippen LogP contribution >= 0.6 is 11.6 Å². The number of rotatable bonds is 9. The fourth-order valence-electron chi connectivity index (χ4n) is 3.55. The molecule has 0 spiro atoms. The maximum absolute atomic E-state index is 13.5. The van der Waals surface area contributed by atoms with Crippen molar-refractivity contribution in [3.8, 4) is 5.75 Å². The van der Waals surface area contributed by atoms with Gasteiger partial charge in [-0.25, -0.2) is 0 Å². The lowest BCUT2D eigenvalue weighted by molar-refractivity contribution is -0.141. The van der Waals surface area contributed by atoms with Gasteiger partial charge in [0.1, 0.15) is 11.8 Å². The van der Waals surface area contributed by atoms with Gasteiger partial charge in [0.25, 0.3) is 0 Å². The van der Waals surface area contributed by atoms with Gasteiger partial charge in [-0.1, -0.05) is 79.2 Å². The summed E-state index contributed by atoms with van der Waals surface area (Å²) in [5.41, 5.74) is 2.51. The number of carbonyl (C=O) groups excluding carboxylic acids is 2. The van der Waals surface area contributed by atoms with Crippen LogP contribution in [0.5, 0.6) is 5.75 Å². The van der Waals surface area contributed by atoms with Crippen LogP contribution in [0.25, 0.3) is 0 Å². The molecule has 0 heterocycles. The number of halogens is 1. The van der Waals surface area contributed by atoms with Crippen molar-refractivity contribution < 1.29 is 14.3 Å². The zero-order valence-electron chi connectivity index (χ0n) is 18.3. The van der Waals surface area contributed by atoms with Crippen LogP contribution in [0.15, 0.2) is 78.9 Å². The fourth-order valence-corrected chi connectivity index (χ4v) is 3.68. The van der Waals surface area contributed by atoms with Gasteiger partial charge in [0.05, 0.1) is 7.11 Å². The normalized spacial score (nSPS) is 11.5. The quantitative estimate of drug-likeness (QED) is 0.490. The zero-order chi connectivity index (χ0) is 22.9. The highest BCUT2D eigenvalue weighted by molar-refractivity contribution is 6.30. The first-order valence-electron chi connectivity index (χ1n) is 10.5. The minimum atomic E-state index is -0.769. The molecule has 1 atom stereocenters. The van der Waals surface area contributed by atoms with Crippen molar-refractivity contribution in [2.24, 2.45) is 0 Å². The van der Waals surface area contributed by atoms with E-state index in [1.807, 2.05) is 66.7 Å². The highest BCUT2D eigenvalue weighted by Crippen LogP contribution is 2.26. The molecule has 0 unspecified atom stereocenters. The number of methoxy groups -OCH3 is 1. The number of hydrogen-bond acceptors (Lipinski definition) is 3. The van der Waals surface area contributed by atoms with Crippen LogP contribution in [-0.2, 0) is 22.7 Å². The van der Waals surface area contributed by atoms with Crippen LogP contribution in [0.1, 0.15) is 36.1 Å². The third-order valence-corrected chi connectivity index (χ3v) is 5.46. The summed E-state index contributed by atoms with van der Waals surface area (Å²) in [6, 6.07) is 23.4. The maximum Gasteiger partial charge on any atom is 0.247 e. The van der Waals surface area contributed by atoms with Gasteiger partial charge in [0.2, 0.25) is 11.8 Å². The Morgan fingerprint density at radius 1 is 0.969 bits per heavy atom. The molecule has 1 N–H and O–H groups in total. The minimum absolute atomic E-state index is 0.110. The van der Waals surface area contributed by atoms with Gasteiger partial charge in [-0.2, -0.15) is 0 Å². The van der Waals surface area contributed by atoms with Gasteiger partial charge >= 0.3 is 0 Å². The number of nitrogens with zero attached hydrogens (tertiary/aromatic N) is 1. The van der Waals surface area contributed by atoms with Crippen molar-refractivity contribution in [3.05, 3.63) is 101 Å². The Balaban J connectivity index is 1.91. The summed E-state index contributed by atoms with van der Waals surface area (Å²) in [5, 5.41) is 3.61. The van der Waals surface area contributed by atoms with E-state index in [2.05, 4.69) is 5.32 Å². The molecule has 0 bridgehead atoms. The van der Waals surface area contributed by atoms with E-state index in [9.17, 15) is 9.59 Å². The van der Waals surface area contributed by atoms with E-state index in [0.717, 1.165) is 16.7 Å². The molecule has 0 saturated carbocycles. The molecular weight excluding hydrogens is 424 g/mol. The van der Waals surface area contributed by atoms with Crippen LogP contribution in [0.4, 0.5) is 0 Å². The lowest BCUT2D eigenvalue weighted by Gasteiger charge is -2.31. The van der Waals surface area contributed by atoms with Gasteiger partial charge in [-0.3, -0.25) is 9.59 Å². The summed E-state index contributed by atoms with van der Waals surface area (Å²) in [6.45, 7) is 2.39. The lowest BCUT2D eigenvalue weighted by atomic mass is 10.0. The summed E-state index contributed by atoms with van der Waals surface area (Å²) in [5.74, 6) is 0.339. The predicted molar refractivity (Wildman–Crippen MR) is 126 cm³/mol. The topological polar surface area (TPSA) is 58.6 Å². The molecule has 0 radical (unpaired) electrons. The van der Waals surface area contributed by atoms with Gasteiger partial charge in [0.15, 0.2) is 0 Å². The summed E-state index contributed by atoms with van der Waals surface area (Å²) < 4.78 is 5.39. The third-order valence-electron chi connectivity index (χ3n) is 5.21. The first kappa shape index (κ1) is 23.4. The van der Waals surface area contributed by atoms with Gasteiger partial charge in [0, 0.05) is 30.1 Å². The molecule has 0 saturated heterocycles. The Bertz CT molecular complexity index is 1040. The Morgan fingerprint density at radius 3 is 2.28 bits per heavy atom. The van der Waals surface area contributed by atoms with E-state index in [1.54, 1.807) is 31.1 Å².